The molecule has 0 fully saturated rings. The van der Waals surface area contributed by atoms with Crippen molar-refractivity contribution in [3.63, 3.8) is 0 Å². The summed E-state index contributed by atoms with van der Waals surface area (Å²) in [6, 6.07) is 71.2. The van der Waals surface area contributed by atoms with Gasteiger partial charge in [-0.05, 0) is 98.1 Å². The topological polar surface area (TPSA) is 61.4 Å². The summed E-state index contributed by atoms with van der Waals surface area (Å²) in [5.74, 6) is 0.557. The molecule has 13 rings (SSSR count). The first-order valence-corrected chi connectivity index (χ1v) is 23.5. The number of nitriles is 1. The maximum Gasteiger partial charge on any atom is 0.161 e. The number of thiophene rings is 1. The van der Waals surface area contributed by atoms with Crippen LogP contribution in [0.4, 0.5) is 0 Å². The number of allylic oxidation sites excluding steroid dienone is 1. The first-order chi connectivity index (χ1) is 32.7. The number of fused-ring (bicyclic) bond motifs is 12. The molecule has 0 saturated heterocycles. The van der Waals surface area contributed by atoms with E-state index in [2.05, 4.69) is 139 Å². The van der Waals surface area contributed by atoms with Crippen molar-refractivity contribution in [2.75, 3.05) is 0 Å². The minimum Gasteiger partial charge on any atom is -0.253 e. The Kier molecular flexibility index (Phi) is 8.84. The van der Waals surface area contributed by atoms with Gasteiger partial charge in [-0.2, -0.15) is 5.26 Å². The number of hydrogen-bond donors (Lipinski definition) is 0. The van der Waals surface area contributed by atoms with Crippen LogP contribution in [0.5, 0.6) is 0 Å². The molecule has 2 aliphatic heterocycles. The molecule has 66 heavy (non-hydrogen) atoms. The lowest BCUT2D eigenvalue weighted by molar-refractivity contribution is 0.722. The SMILES string of the molecule is N#Cc1ccccc1-c1ccc(C2=NC(c3nccc4sc5ccc(-c6ccc7c(c6)C6(c8ccccc8Sc8ccccc86)c6ccccc6-7)cc5c34)=C=CC(c3ccccc3)=N2)cc1. The van der Waals surface area contributed by atoms with Crippen LogP contribution in [0.25, 0.3) is 59.3 Å². The number of pyridine rings is 1. The zero-order valence-electron chi connectivity index (χ0n) is 35.2. The van der Waals surface area contributed by atoms with Crippen LogP contribution in [0.2, 0.25) is 0 Å². The largest absolute Gasteiger partial charge is 0.253 e. The second-order valence-corrected chi connectivity index (χ2v) is 18.8. The van der Waals surface area contributed by atoms with Crippen molar-refractivity contribution in [3.8, 4) is 39.4 Å². The maximum absolute atomic E-state index is 9.81. The highest BCUT2D eigenvalue weighted by molar-refractivity contribution is 7.99. The number of aliphatic imine (C=N–C) groups is 2. The monoisotopic (exact) mass is 874 g/mol. The molecule has 10 aromatic rings. The van der Waals surface area contributed by atoms with Crippen LogP contribution in [0.3, 0.4) is 0 Å². The molecule has 4 nitrogen and oxygen atoms in total. The highest BCUT2D eigenvalue weighted by Gasteiger charge is 2.50. The number of rotatable bonds is 5. The molecule has 0 radical (unpaired) electrons. The summed E-state index contributed by atoms with van der Waals surface area (Å²) in [6.07, 6.45) is 3.80. The molecule has 306 valence electrons. The summed E-state index contributed by atoms with van der Waals surface area (Å²) >= 11 is 3.64. The number of amidine groups is 1. The summed E-state index contributed by atoms with van der Waals surface area (Å²) in [5.41, 5.74) is 19.7. The van der Waals surface area contributed by atoms with E-state index < -0.39 is 5.41 Å². The van der Waals surface area contributed by atoms with Crippen LogP contribution in [-0.2, 0) is 5.41 Å². The Morgan fingerprint density at radius 2 is 1.14 bits per heavy atom. The fourth-order valence-corrected chi connectivity index (χ4v) is 12.5. The Labute approximate surface area is 390 Å². The van der Waals surface area contributed by atoms with E-state index in [0.717, 1.165) is 60.3 Å². The van der Waals surface area contributed by atoms with Crippen LogP contribution < -0.4 is 0 Å². The summed E-state index contributed by atoms with van der Waals surface area (Å²) in [7, 11) is 0. The molecule has 2 aromatic heterocycles. The summed E-state index contributed by atoms with van der Waals surface area (Å²) in [4.78, 5) is 18.1. The maximum atomic E-state index is 9.81. The van der Waals surface area contributed by atoms with Gasteiger partial charge in [0.1, 0.15) is 11.4 Å². The molecule has 0 bridgehead atoms. The molecule has 0 N–H and O–H groups in total. The van der Waals surface area contributed by atoms with Gasteiger partial charge < -0.3 is 0 Å². The summed E-state index contributed by atoms with van der Waals surface area (Å²) in [5, 5.41) is 12.0. The van der Waals surface area contributed by atoms with Gasteiger partial charge in [-0.3, -0.25) is 4.98 Å². The lowest BCUT2D eigenvalue weighted by Gasteiger charge is -2.39. The third-order valence-electron chi connectivity index (χ3n) is 13.1. The normalized spacial score (nSPS) is 14.1. The highest BCUT2D eigenvalue weighted by atomic mass is 32.2. The number of aromatic nitrogens is 1. The van der Waals surface area contributed by atoms with Gasteiger partial charge in [-0.25, -0.2) is 9.98 Å². The van der Waals surface area contributed by atoms with Crippen molar-refractivity contribution in [3.05, 3.63) is 257 Å². The molecule has 3 aliphatic rings. The van der Waals surface area contributed by atoms with E-state index in [1.54, 1.807) is 11.3 Å². The summed E-state index contributed by atoms with van der Waals surface area (Å²) in [6.45, 7) is 0. The van der Waals surface area contributed by atoms with Crippen LogP contribution in [0.15, 0.2) is 232 Å². The predicted molar refractivity (Wildman–Crippen MR) is 272 cm³/mol. The highest BCUT2D eigenvalue weighted by Crippen LogP contribution is 2.62. The van der Waals surface area contributed by atoms with Crippen molar-refractivity contribution in [1.82, 2.24) is 4.98 Å². The second-order valence-electron chi connectivity index (χ2n) is 16.7. The van der Waals surface area contributed by atoms with Gasteiger partial charge in [0.2, 0.25) is 0 Å². The van der Waals surface area contributed by atoms with Crippen molar-refractivity contribution in [2.45, 2.75) is 15.2 Å². The van der Waals surface area contributed by atoms with E-state index in [4.69, 9.17) is 15.0 Å². The first kappa shape index (κ1) is 38.3. The van der Waals surface area contributed by atoms with Crippen molar-refractivity contribution in [2.24, 2.45) is 9.98 Å². The van der Waals surface area contributed by atoms with Crippen molar-refractivity contribution < 1.29 is 0 Å². The third-order valence-corrected chi connectivity index (χ3v) is 15.4. The van der Waals surface area contributed by atoms with Crippen molar-refractivity contribution in [1.29, 1.82) is 5.26 Å². The fourth-order valence-electron chi connectivity index (χ4n) is 10.2. The summed E-state index contributed by atoms with van der Waals surface area (Å²) < 4.78 is 2.31. The lowest BCUT2D eigenvalue weighted by Crippen LogP contribution is -2.31. The molecule has 0 atom stereocenters. The van der Waals surface area contributed by atoms with E-state index in [0.29, 0.717) is 17.1 Å². The van der Waals surface area contributed by atoms with E-state index in [1.165, 1.54) is 47.9 Å². The van der Waals surface area contributed by atoms with Gasteiger partial charge in [-0.15, -0.1) is 11.3 Å². The average molecular weight is 875 g/mol. The molecule has 0 amide bonds. The Hall–Kier alpha value is -8.17. The standard InChI is InChI=1S/C60H34N4S2/c61-36-42-14-4-5-15-43(42)37-22-24-39(25-23-37)59-63-51(38-12-2-1-3-13-38)29-30-52(64-59)58-57-46-34-40(27-31-53(46)65-56(57)32-33-62-58)41-26-28-45-44-16-6-7-17-47(44)60(50(45)35-41)48-18-8-10-20-54(48)66-55-21-11-9-19-49(55)60/h1-29,31-35H. The minimum atomic E-state index is -0.452. The van der Waals surface area contributed by atoms with Crippen LogP contribution >= 0.6 is 23.1 Å². The van der Waals surface area contributed by atoms with E-state index >= 15 is 0 Å². The Bertz CT molecular complexity index is 3800. The first-order valence-electron chi connectivity index (χ1n) is 21.9. The molecule has 0 saturated carbocycles. The minimum absolute atomic E-state index is 0.452. The van der Waals surface area contributed by atoms with E-state index in [-0.39, 0.29) is 0 Å². The van der Waals surface area contributed by atoms with Gasteiger partial charge in [0.05, 0.1) is 22.8 Å². The lowest BCUT2D eigenvalue weighted by atomic mass is 9.67. The van der Waals surface area contributed by atoms with Gasteiger partial charge in [0.25, 0.3) is 0 Å². The molecule has 1 spiro atoms. The van der Waals surface area contributed by atoms with Gasteiger partial charge in [0.15, 0.2) is 5.84 Å². The molecule has 4 heterocycles. The molecule has 1 aliphatic carbocycles. The Balaban J connectivity index is 0.968. The Morgan fingerprint density at radius 1 is 0.500 bits per heavy atom. The van der Waals surface area contributed by atoms with Crippen LogP contribution in [0.1, 0.15) is 44.6 Å². The van der Waals surface area contributed by atoms with Crippen LogP contribution in [0, 0.1) is 11.3 Å². The predicted octanol–water partition coefficient (Wildman–Crippen LogP) is 14.9. The molecule has 0 unspecified atom stereocenters. The number of nitrogens with zero attached hydrogens (tertiary/aromatic N) is 4. The molecular weight excluding hydrogens is 841 g/mol. The average Bonchev–Trinajstić information content (AvgIpc) is 3.80. The zero-order valence-corrected chi connectivity index (χ0v) is 36.9. The van der Waals surface area contributed by atoms with Crippen molar-refractivity contribution >= 4 is 60.5 Å². The number of hydrogen-bond acceptors (Lipinski definition) is 6. The van der Waals surface area contributed by atoms with Gasteiger partial charge in [-0.1, -0.05) is 169 Å². The molecular formula is C60H34N4S2. The van der Waals surface area contributed by atoms with Gasteiger partial charge in [0, 0.05) is 53.4 Å². The molecule has 8 aromatic carbocycles. The number of benzene rings is 8. The Morgan fingerprint density at radius 3 is 1.92 bits per heavy atom. The van der Waals surface area contributed by atoms with E-state index in [1.807, 2.05) is 90.8 Å². The smallest absolute Gasteiger partial charge is 0.161 e. The van der Waals surface area contributed by atoms with E-state index in [9.17, 15) is 5.26 Å². The zero-order chi connectivity index (χ0) is 43.8. The molecule has 6 heteroatoms. The van der Waals surface area contributed by atoms with Crippen LogP contribution in [-0.4, -0.2) is 16.5 Å². The third kappa shape index (κ3) is 5.89. The quantitative estimate of drug-likeness (QED) is 0.162. The fraction of sp³-hybridized carbons (Fsp3) is 0.0167. The second kappa shape index (κ2) is 15.2. The van der Waals surface area contributed by atoms with Gasteiger partial charge >= 0.3 is 0 Å².